The highest BCUT2D eigenvalue weighted by Gasteiger charge is 2.02. The lowest BCUT2D eigenvalue weighted by Crippen LogP contribution is -2.25. The molecule has 1 aromatic rings. The zero-order valence-electron chi connectivity index (χ0n) is 9.61. The zero-order valence-corrected chi connectivity index (χ0v) is 9.61. The SMILES string of the molecule is O=C(O)CCCCC(=O)NCCc1cnc[nH]1. The van der Waals surface area contributed by atoms with Crippen LogP contribution in [0, 0.1) is 0 Å². The molecule has 1 heterocycles. The number of carboxylic acid groups (broad SMARTS) is 1. The Kier molecular flexibility index (Phi) is 5.77. The van der Waals surface area contributed by atoms with Crippen LogP contribution in [0.3, 0.4) is 0 Å². The van der Waals surface area contributed by atoms with Crippen molar-refractivity contribution in [2.75, 3.05) is 6.54 Å². The van der Waals surface area contributed by atoms with Gasteiger partial charge in [-0.25, -0.2) is 4.98 Å². The summed E-state index contributed by atoms with van der Waals surface area (Å²) in [6.07, 6.45) is 5.71. The molecule has 17 heavy (non-hydrogen) atoms. The third-order valence-electron chi connectivity index (χ3n) is 2.32. The fraction of sp³-hybridized carbons (Fsp3) is 0.545. The molecule has 0 fully saturated rings. The van der Waals surface area contributed by atoms with Crippen LogP contribution < -0.4 is 5.32 Å². The van der Waals surface area contributed by atoms with E-state index in [1.54, 1.807) is 12.5 Å². The van der Waals surface area contributed by atoms with Crippen molar-refractivity contribution in [1.29, 1.82) is 0 Å². The standard InChI is InChI=1S/C11H17N3O3/c15-10(3-1-2-4-11(16)17)13-6-5-9-7-12-8-14-9/h7-8H,1-6H2,(H,12,14)(H,13,15)(H,16,17). The molecule has 0 unspecified atom stereocenters. The summed E-state index contributed by atoms with van der Waals surface area (Å²) in [5, 5.41) is 11.2. The van der Waals surface area contributed by atoms with Crippen molar-refractivity contribution in [2.24, 2.45) is 0 Å². The number of aliphatic carboxylic acids is 1. The van der Waals surface area contributed by atoms with Crippen LogP contribution in [0.2, 0.25) is 0 Å². The molecule has 6 heteroatoms. The Morgan fingerprint density at radius 3 is 2.76 bits per heavy atom. The first-order valence-electron chi connectivity index (χ1n) is 5.64. The molecule has 1 aromatic heterocycles. The fourth-order valence-corrected chi connectivity index (χ4v) is 1.41. The summed E-state index contributed by atoms with van der Waals surface area (Å²) in [6, 6.07) is 0. The van der Waals surface area contributed by atoms with E-state index < -0.39 is 5.97 Å². The first-order valence-corrected chi connectivity index (χ1v) is 5.64. The second-order valence-electron chi connectivity index (χ2n) is 3.78. The minimum atomic E-state index is -0.815. The van der Waals surface area contributed by atoms with Crippen molar-refractivity contribution < 1.29 is 14.7 Å². The Morgan fingerprint density at radius 2 is 2.12 bits per heavy atom. The van der Waals surface area contributed by atoms with Gasteiger partial charge in [-0.1, -0.05) is 0 Å². The third-order valence-corrected chi connectivity index (χ3v) is 2.32. The fourth-order valence-electron chi connectivity index (χ4n) is 1.41. The molecule has 0 saturated carbocycles. The molecule has 0 spiro atoms. The second-order valence-corrected chi connectivity index (χ2v) is 3.78. The number of aromatic nitrogens is 2. The van der Waals surface area contributed by atoms with Gasteiger partial charge in [0, 0.05) is 37.7 Å². The van der Waals surface area contributed by atoms with Crippen LogP contribution in [0.15, 0.2) is 12.5 Å². The van der Waals surface area contributed by atoms with Gasteiger partial charge in [0.15, 0.2) is 0 Å². The van der Waals surface area contributed by atoms with Gasteiger partial charge in [0.25, 0.3) is 0 Å². The Balaban J connectivity index is 1.99. The molecule has 0 saturated heterocycles. The van der Waals surface area contributed by atoms with Crippen LogP contribution in [0.5, 0.6) is 0 Å². The molecule has 0 bridgehead atoms. The molecule has 6 nitrogen and oxygen atoms in total. The number of amides is 1. The molecule has 0 aromatic carbocycles. The van der Waals surface area contributed by atoms with Gasteiger partial charge >= 0.3 is 5.97 Å². The normalized spacial score (nSPS) is 10.1. The van der Waals surface area contributed by atoms with Gasteiger partial charge in [-0.3, -0.25) is 9.59 Å². The van der Waals surface area contributed by atoms with E-state index in [9.17, 15) is 9.59 Å². The molecular weight excluding hydrogens is 222 g/mol. The number of hydrogen-bond acceptors (Lipinski definition) is 3. The monoisotopic (exact) mass is 239 g/mol. The van der Waals surface area contributed by atoms with E-state index in [1.807, 2.05) is 0 Å². The van der Waals surface area contributed by atoms with Gasteiger partial charge in [-0.2, -0.15) is 0 Å². The van der Waals surface area contributed by atoms with E-state index in [-0.39, 0.29) is 12.3 Å². The molecule has 0 radical (unpaired) electrons. The lowest BCUT2D eigenvalue weighted by Gasteiger charge is -2.03. The summed E-state index contributed by atoms with van der Waals surface area (Å²) in [4.78, 5) is 28.4. The number of imidazole rings is 1. The summed E-state index contributed by atoms with van der Waals surface area (Å²) in [5.74, 6) is -0.848. The Bertz CT molecular complexity index is 349. The molecule has 0 aliphatic rings. The number of carbonyl (C=O) groups is 2. The number of carboxylic acids is 1. The van der Waals surface area contributed by atoms with Crippen LogP contribution in [-0.2, 0) is 16.0 Å². The number of hydrogen-bond donors (Lipinski definition) is 3. The quantitative estimate of drug-likeness (QED) is 0.582. The van der Waals surface area contributed by atoms with Gasteiger partial charge in [-0.05, 0) is 12.8 Å². The number of nitrogens with zero attached hydrogens (tertiary/aromatic N) is 1. The van der Waals surface area contributed by atoms with Crippen LogP contribution >= 0.6 is 0 Å². The van der Waals surface area contributed by atoms with Crippen molar-refractivity contribution in [3.63, 3.8) is 0 Å². The predicted octanol–water partition coefficient (Wildman–Crippen LogP) is 0.713. The third kappa shape index (κ3) is 6.34. The van der Waals surface area contributed by atoms with Crippen LogP contribution in [-0.4, -0.2) is 33.5 Å². The van der Waals surface area contributed by atoms with Crippen molar-refractivity contribution in [1.82, 2.24) is 15.3 Å². The predicted molar refractivity (Wildman–Crippen MR) is 61.4 cm³/mol. The Hall–Kier alpha value is -1.85. The molecule has 1 rings (SSSR count). The molecule has 94 valence electrons. The lowest BCUT2D eigenvalue weighted by atomic mass is 10.2. The largest absolute Gasteiger partial charge is 0.481 e. The van der Waals surface area contributed by atoms with E-state index in [1.165, 1.54) is 0 Å². The number of aromatic amines is 1. The smallest absolute Gasteiger partial charge is 0.303 e. The van der Waals surface area contributed by atoms with Crippen LogP contribution in [0.4, 0.5) is 0 Å². The maximum absolute atomic E-state index is 11.3. The van der Waals surface area contributed by atoms with Gasteiger partial charge in [-0.15, -0.1) is 0 Å². The highest BCUT2D eigenvalue weighted by atomic mass is 16.4. The number of nitrogens with one attached hydrogen (secondary N) is 2. The average molecular weight is 239 g/mol. The number of carbonyl (C=O) groups excluding carboxylic acids is 1. The van der Waals surface area contributed by atoms with Crippen molar-refractivity contribution in [2.45, 2.75) is 32.1 Å². The number of unbranched alkanes of at least 4 members (excludes halogenated alkanes) is 1. The van der Waals surface area contributed by atoms with Crippen LogP contribution in [0.1, 0.15) is 31.4 Å². The minimum absolute atomic E-state index is 0.0325. The second kappa shape index (κ2) is 7.43. The zero-order chi connectivity index (χ0) is 12.5. The summed E-state index contributed by atoms with van der Waals surface area (Å²) in [6.45, 7) is 0.569. The summed E-state index contributed by atoms with van der Waals surface area (Å²) < 4.78 is 0. The number of rotatable bonds is 8. The first kappa shape index (κ1) is 13.2. The average Bonchev–Trinajstić information content (AvgIpc) is 2.77. The van der Waals surface area contributed by atoms with Gasteiger partial charge in [0.05, 0.1) is 6.33 Å². The van der Waals surface area contributed by atoms with E-state index in [0.29, 0.717) is 25.8 Å². The number of H-pyrrole nitrogens is 1. The maximum Gasteiger partial charge on any atom is 0.303 e. The molecular formula is C11H17N3O3. The highest BCUT2D eigenvalue weighted by molar-refractivity contribution is 5.75. The molecule has 0 aliphatic carbocycles. The van der Waals surface area contributed by atoms with Gasteiger partial charge in [0.2, 0.25) is 5.91 Å². The van der Waals surface area contributed by atoms with Crippen molar-refractivity contribution in [3.05, 3.63) is 18.2 Å². The highest BCUT2D eigenvalue weighted by Crippen LogP contribution is 1.99. The molecule has 0 aliphatic heterocycles. The van der Waals surface area contributed by atoms with Crippen molar-refractivity contribution >= 4 is 11.9 Å². The maximum atomic E-state index is 11.3. The van der Waals surface area contributed by atoms with E-state index >= 15 is 0 Å². The van der Waals surface area contributed by atoms with Crippen molar-refractivity contribution in [3.8, 4) is 0 Å². The lowest BCUT2D eigenvalue weighted by molar-refractivity contribution is -0.137. The van der Waals surface area contributed by atoms with Gasteiger partial charge in [0.1, 0.15) is 0 Å². The van der Waals surface area contributed by atoms with E-state index in [4.69, 9.17) is 5.11 Å². The topological polar surface area (TPSA) is 95.1 Å². The van der Waals surface area contributed by atoms with E-state index in [0.717, 1.165) is 12.1 Å². The first-order chi connectivity index (χ1) is 8.18. The van der Waals surface area contributed by atoms with E-state index in [2.05, 4.69) is 15.3 Å². The summed E-state index contributed by atoms with van der Waals surface area (Å²) in [7, 11) is 0. The minimum Gasteiger partial charge on any atom is -0.481 e. The Labute approximate surface area is 99.4 Å². The molecule has 0 atom stereocenters. The van der Waals surface area contributed by atoms with Gasteiger partial charge < -0.3 is 15.4 Å². The Morgan fingerprint density at radius 1 is 1.35 bits per heavy atom. The molecule has 1 amide bonds. The summed E-state index contributed by atoms with van der Waals surface area (Å²) >= 11 is 0. The summed E-state index contributed by atoms with van der Waals surface area (Å²) in [5.41, 5.74) is 0.983. The molecule has 3 N–H and O–H groups in total. The van der Waals surface area contributed by atoms with Crippen LogP contribution in [0.25, 0.3) is 0 Å².